The molecule has 0 bridgehead atoms. The molecule has 1 aliphatic rings. The molecule has 1 N–H and O–H groups in total. The van der Waals surface area contributed by atoms with E-state index in [-0.39, 0.29) is 23.6 Å². The van der Waals surface area contributed by atoms with Gasteiger partial charge in [-0.25, -0.2) is 4.79 Å². The fourth-order valence-corrected chi connectivity index (χ4v) is 4.64. The molecule has 0 spiro atoms. The molecule has 1 aliphatic carbocycles. The molecule has 154 valence electrons. The van der Waals surface area contributed by atoms with Crippen LogP contribution in [0.2, 0.25) is 0 Å². The number of rotatable bonds is 6. The number of carbonyl (C=O) groups is 2. The van der Waals surface area contributed by atoms with Crippen molar-refractivity contribution in [3.63, 3.8) is 0 Å². The summed E-state index contributed by atoms with van der Waals surface area (Å²) >= 11 is 1.37. The summed E-state index contributed by atoms with van der Waals surface area (Å²) in [6, 6.07) is 3.98. The van der Waals surface area contributed by atoms with E-state index in [1.165, 1.54) is 30.6 Å². The lowest BCUT2D eigenvalue weighted by molar-refractivity contribution is -0.385. The molecule has 1 aromatic heterocycles. The standard InChI is InChI=1S/C20H22N2O6S/c1-4-28-20(24)17-13-9-11(2)5-8-16(13)29-19(17)21-18(23)12-6-7-15(27-3)14(10-12)22(25)26/h6-7,10-11H,4-5,8-9H2,1-3H3,(H,21,23)/t11-/m1/s1. The quantitative estimate of drug-likeness (QED) is 0.427. The molecule has 29 heavy (non-hydrogen) atoms. The average molecular weight is 418 g/mol. The number of hydrogen-bond acceptors (Lipinski definition) is 7. The zero-order chi connectivity index (χ0) is 21.1. The summed E-state index contributed by atoms with van der Waals surface area (Å²) in [5, 5.41) is 14.4. The highest BCUT2D eigenvalue weighted by atomic mass is 32.1. The molecule has 1 aromatic carbocycles. The molecule has 9 heteroatoms. The van der Waals surface area contributed by atoms with E-state index >= 15 is 0 Å². The second kappa shape index (κ2) is 8.60. The van der Waals surface area contributed by atoms with Crippen molar-refractivity contribution in [3.05, 3.63) is 49.9 Å². The van der Waals surface area contributed by atoms with Crippen LogP contribution in [0.5, 0.6) is 5.75 Å². The van der Waals surface area contributed by atoms with E-state index in [4.69, 9.17) is 9.47 Å². The molecule has 8 nitrogen and oxygen atoms in total. The first-order chi connectivity index (χ1) is 13.8. The number of amides is 1. The molecule has 1 atom stereocenters. The molecule has 3 rings (SSSR count). The van der Waals surface area contributed by atoms with Gasteiger partial charge in [-0.3, -0.25) is 14.9 Å². The number of fused-ring (bicyclic) bond motifs is 1. The highest BCUT2D eigenvalue weighted by molar-refractivity contribution is 7.17. The zero-order valence-electron chi connectivity index (χ0n) is 16.4. The van der Waals surface area contributed by atoms with Crippen LogP contribution in [0.3, 0.4) is 0 Å². The number of thiophene rings is 1. The van der Waals surface area contributed by atoms with Crippen molar-refractivity contribution in [3.8, 4) is 5.75 Å². The van der Waals surface area contributed by atoms with Gasteiger partial charge in [0, 0.05) is 16.5 Å². The van der Waals surface area contributed by atoms with Crippen molar-refractivity contribution >= 4 is 33.9 Å². The van der Waals surface area contributed by atoms with E-state index in [1.54, 1.807) is 6.92 Å². The van der Waals surface area contributed by atoms with Crippen LogP contribution in [-0.4, -0.2) is 30.5 Å². The van der Waals surface area contributed by atoms with E-state index in [2.05, 4.69) is 12.2 Å². The molecule has 0 fully saturated rings. The van der Waals surface area contributed by atoms with Gasteiger partial charge in [-0.05, 0) is 49.8 Å². The number of methoxy groups -OCH3 is 1. The number of nitrogens with one attached hydrogen (secondary N) is 1. The van der Waals surface area contributed by atoms with E-state index in [0.29, 0.717) is 16.5 Å². The fourth-order valence-electron chi connectivity index (χ4n) is 3.41. The van der Waals surface area contributed by atoms with E-state index in [1.807, 2.05) is 0 Å². The molecule has 1 heterocycles. The Hall–Kier alpha value is -2.94. The third kappa shape index (κ3) is 4.24. The molecule has 1 amide bonds. The number of nitro groups is 1. The van der Waals surface area contributed by atoms with Crippen LogP contribution >= 0.6 is 11.3 Å². The number of ether oxygens (including phenoxy) is 2. The molecule has 0 aliphatic heterocycles. The van der Waals surface area contributed by atoms with Gasteiger partial charge in [-0.1, -0.05) is 6.92 Å². The molecular weight excluding hydrogens is 396 g/mol. The Morgan fingerprint density at radius 3 is 2.79 bits per heavy atom. The van der Waals surface area contributed by atoms with Crippen molar-refractivity contribution in [2.24, 2.45) is 5.92 Å². The van der Waals surface area contributed by atoms with Gasteiger partial charge in [0.15, 0.2) is 5.75 Å². The Bertz CT molecular complexity index is 968. The SMILES string of the molecule is CCOC(=O)c1c(NC(=O)c2ccc(OC)c([N+](=O)[O-])c2)sc2c1C[C@H](C)CC2. The van der Waals surface area contributed by atoms with E-state index < -0.39 is 16.8 Å². The van der Waals surface area contributed by atoms with Gasteiger partial charge in [0.25, 0.3) is 5.91 Å². The summed E-state index contributed by atoms with van der Waals surface area (Å²) < 4.78 is 10.2. The van der Waals surface area contributed by atoms with Crippen molar-refractivity contribution < 1.29 is 24.0 Å². The number of carbonyl (C=O) groups excluding carboxylic acids is 2. The van der Waals surface area contributed by atoms with Crippen molar-refractivity contribution in [1.82, 2.24) is 0 Å². The summed E-state index contributed by atoms with van der Waals surface area (Å²) in [6.07, 6.45) is 2.62. The molecular formula is C20H22N2O6S. The largest absolute Gasteiger partial charge is 0.490 e. The van der Waals surface area contributed by atoms with Gasteiger partial charge in [-0.15, -0.1) is 11.3 Å². The zero-order valence-corrected chi connectivity index (χ0v) is 17.3. The van der Waals surface area contributed by atoms with Crippen LogP contribution in [0.4, 0.5) is 10.7 Å². The van der Waals surface area contributed by atoms with Crippen LogP contribution in [0.1, 0.15) is 51.4 Å². The lowest BCUT2D eigenvalue weighted by Crippen LogP contribution is -2.17. The smallest absolute Gasteiger partial charge is 0.341 e. The van der Waals surface area contributed by atoms with Crippen LogP contribution in [0, 0.1) is 16.0 Å². The topological polar surface area (TPSA) is 108 Å². The van der Waals surface area contributed by atoms with Crippen molar-refractivity contribution in [2.75, 3.05) is 19.0 Å². The Labute approximate surface area is 172 Å². The van der Waals surface area contributed by atoms with E-state index in [0.717, 1.165) is 35.8 Å². The normalized spacial score (nSPS) is 15.3. The highest BCUT2D eigenvalue weighted by Gasteiger charge is 2.29. The summed E-state index contributed by atoms with van der Waals surface area (Å²) in [5.41, 5.74) is 1.13. The minimum atomic E-state index is -0.606. The predicted octanol–water partition coefficient (Wildman–Crippen LogP) is 4.22. The van der Waals surface area contributed by atoms with Crippen LogP contribution in [0.15, 0.2) is 18.2 Å². The van der Waals surface area contributed by atoms with Gasteiger partial charge in [-0.2, -0.15) is 0 Å². The summed E-state index contributed by atoms with van der Waals surface area (Å²) in [5.74, 6) is -0.486. The summed E-state index contributed by atoms with van der Waals surface area (Å²) in [7, 11) is 1.32. The summed E-state index contributed by atoms with van der Waals surface area (Å²) in [4.78, 5) is 37.0. The number of hydrogen-bond donors (Lipinski definition) is 1. The monoisotopic (exact) mass is 418 g/mol. The number of aryl methyl sites for hydroxylation is 1. The summed E-state index contributed by atoms with van der Waals surface area (Å²) in [6.45, 7) is 4.09. The molecule has 0 radical (unpaired) electrons. The molecule has 0 saturated heterocycles. The second-order valence-electron chi connectivity index (χ2n) is 6.87. The maximum Gasteiger partial charge on any atom is 0.341 e. The van der Waals surface area contributed by atoms with Gasteiger partial charge in [0.1, 0.15) is 5.00 Å². The lowest BCUT2D eigenvalue weighted by atomic mass is 9.88. The Balaban J connectivity index is 1.95. The van der Waals surface area contributed by atoms with Gasteiger partial charge in [0.2, 0.25) is 0 Å². The Kier molecular flexibility index (Phi) is 6.17. The maximum absolute atomic E-state index is 12.8. The minimum absolute atomic E-state index is 0.0688. The lowest BCUT2D eigenvalue weighted by Gasteiger charge is -2.18. The molecule has 0 saturated carbocycles. The van der Waals surface area contributed by atoms with Crippen molar-refractivity contribution in [2.45, 2.75) is 33.1 Å². The number of esters is 1. The number of benzene rings is 1. The van der Waals surface area contributed by atoms with Crippen LogP contribution in [0.25, 0.3) is 0 Å². The molecule has 0 unspecified atom stereocenters. The van der Waals surface area contributed by atoms with Gasteiger partial charge in [0.05, 0.1) is 24.2 Å². The molecule has 2 aromatic rings. The van der Waals surface area contributed by atoms with Crippen molar-refractivity contribution in [1.29, 1.82) is 0 Å². The third-order valence-corrected chi connectivity index (χ3v) is 6.06. The number of anilines is 1. The first kappa shape index (κ1) is 20.8. The maximum atomic E-state index is 12.8. The predicted molar refractivity (Wildman–Crippen MR) is 109 cm³/mol. The first-order valence-corrected chi connectivity index (χ1v) is 10.1. The Morgan fingerprint density at radius 1 is 1.38 bits per heavy atom. The second-order valence-corrected chi connectivity index (χ2v) is 7.98. The van der Waals surface area contributed by atoms with E-state index in [9.17, 15) is 19.7 Å². The number of nitrogens with zero attached hydrogens (tertiary/aromatic N) is 1. The van der Waals surface area contributed by atoms with Crippen LogP contribution < -0.4 is 10.1 Å². The van der Waals surface area contributed by atoms with Crippen LogP contribution in [-0.2, 0) is 17.6 Å². The van der Waals surface area contributed by atoms with Gasteiger partial charge < -0.3 is 14.8 Å². The average Bonchev–Trinajstić information content (AvgIpc) is 3.04. The Morgan fingerprint density at radius 2 is 2.14 bits per heavy atom. The number of nitro benzene ring substituents is 1. The minimum Gasteiger partial charge on any atom is -0.490 e. The fraction of sp³-hybridized carbons (Fsp3) is 0.400. The van der Waals surface area contributed by atoms with Gasteiger partial charge >= 0.3 is 11.7 Å². The highest BCUT2D eigenvalue weighted by Crippen LogP contribution is 2.40. The first-order valence-electron chi connectivity index (χ1n) is 9.31. The third-order valence-electron chi connectivity index (χ3n) is 4.85.